The first-order chi connectivity index (χ1) is 9.31. The molecule has 0 bridgehead atoms. The normalized spacial score (nSPS) is 30.7. The minimum Gasteiger partial charge on any atom is -0.465 e. The van der Waals surface area contributed by atoms with Crippen molar-refractivity contribution in [1.82, 2.24) is 5.32 Å². The first kappa shape index (κ1) is 14.8. The molecule has 3 heteroatoms. The minimum absolute atomic E-state index is 0.0134. The molecule has 1 aliphatic heterocycles. The van der Waals surface area contributed by atoms with Crippen LogP contribution in [0.2, 0.25) is 0 Å². The molecule has 1 aliphatic carbocycles. The van der Waals surface area contributed by atoms with Gasteiger partial charge in [0.2, 0.25) is 0 Å². The largest absolute Gasteiger partial charge is 0.465 e. The predicted octanol–water partition coefficient (Wildman–Crippen LogP) is 3.42. The molecule has 2 rings (SSSR count). The number of fused-ring (bicyclic) bond motifs is 1. The molecule has 3 nitrogen and oxygen atoms in total. The van der Waals surface area contributed by atoms with E-state index in [9.17, 15) is 4.79 Å². The number of hydrogen-bond acceptors (Lipinski definition) is 3. The second-order valence-electron chi connectivity index (χ2n) is 6.18. The van der Waals surface area contributed by atoms with Crippen molar-refractivity contribution in [2.75, 3.05) is 6.61 Å². The highest BCUT2D eigenvalue weighted by atomic mass is 16.5. The average Bonchev–Trinajstić information content (AvgIpc) is 2.46. The third kappa shape index (κ3) is 4.48. The number of nitrogens with one attached hydrogen (secondary N) is 1. The minimum atomic E-state index is -0.0366. The van der Waals surface area contributed by atoms with Crippen LogP contribution >= 0.6 is 0 Å². The first-order valence-electron chi connectivity index (χ1n) is 8.24. The maximum atomic E-state index is 12.0. The van der Waals surface area contributed by atoms with Crippen LogP contribution in [0.1, 0.15) is 71.1 Å². The third-order valence-electron chi connectivity index (χ3n) is 4.68. The van der Waals surface area contributed by atoms with Gasteiger partial charge in [-0.3, -0.25) is 4.79 Å². The van der Waals surface area contributed by atoms with Crippen LogP contribution < -0.4 is 5.32 Å². The van der Waals surface area contributed by atoms with Crippen molar-refractivity contribution in [3.63, 3.8) is 0 Å². The Morgan fingerprint density at radius 3 is 2.79 bits per heavy atom. The van der Waals surface area contributed by atoms with E-state index < -0.39 is 0 Å². The third-order valence-corrected chi connectivity index (χ3v) is 4.68. The zero-order chi connectivity index (χ0) is 13.5. The van der Waals surface area contributed by atoms with Gasteiger partial charge in [0.1, 0.15) is 6.04 Å². The number of carbonyl (C=O) groups is 1. The highest BCUT2D eigenvalue weighted by molar-refractivity contribution is 5.75. The van der Waals surface area contributed by atoms with Crippen molar-refractivity contribution < 1.29 is 9.53 Å². The number of unbranched alkanes of at least 4 members (excludes halogenated alkanes) is 3. The van der Waals surface area contributed by atoms with E-state index >= 15 is 0 Å². The van der Waals surface area contributed by atoms with Gasteiger partial charge in [0.05, 0.1) is 6.61 Å². The monoisotopic (exact) mass is 267 g/mol. The lowest BCUT2D eigenvalue weighted by Gasteiger charge is -2.39. The average molecular weight is 267 g/mol. The molecule has 0 aromatic carbocycles. The molecule has 3 atom stereocenters. The molecule has 1 saturated carbocycles. The Hall–Kier alpha value is -0.570. The fourth-order valence-corrected chi connectivity index (χ4v) is 3.48. The lowest BCUT2D eigenvalue weighted by atomic mass is 9.78. The van der Waals surface area contributed by atoms with Crippen LogP contribution in [0.25, 0.3) is 0 Å². The molecule has 0 radical (unpaired) electrons. The summed E-state index contributed by atoms with van der Waals surface area (Å²) in [5, 5.41) is 3.53. The van der Waals surface area contributed by atoms with Gasteiger partial charge in [-0.15, -0.1) is 0 Å². The van der Waals surface area contributed by atoms with Crippen molar-refractivity contribution in [3.8, 4) is 0 Å². The van der Waals surface area contributed by atoms with Crippen LogP contribution in [0, 0.1) is 5.92 Å². The fourth-order valence-electron chi connectivity index (χ4n) is 3.48. The van der Waals surface area contributed by atoms with Crippen LogP contribution in [-0.4, -0.2) is 24.7 Å². The van der Waals surface area contributed by atoms with Crippen LogP contribution in [0.4, 0.5) is 0 Å². The van der Waals surface area contributed by atoms with Crippen LogP contribution in [0.15, 0.2) is 0 Å². The van der Waals surface area contributed by atoms with E-state index in [1.165, 1.54) is 51.4 Å². The molecule has 3 unspecified atom stereocenters. The van der Waals surface area contributed by atoms with E-state index in [1.807, 2.05) is 0 Å². The SMILES string of the molecule is CCCCCCOC(=O)C1CCC2CCCCC2N1. The Labute approximate surface area is 117 Å². The number of rotatable bonds is 6. The number of carbonyl (C=O) groups excluding carboxylic acids is 1. The summed E-state index contributed by atoms with van der Waals surface area (Å²) < 4.78 is 5.41. The second kappa shape index (κ2) is 7.88. The standard InChI is InChI=1S/C16H29NO2/c1-2-3-4-7-12-19-16(18)15-11-10-13-8-5-6-9-14(13)17-15/h13-15,17H,2-12H2,1H3. The molecule has 0 amide bonds. The summed E-state index contributed by atoms with van der Waals surface area (Å²) in [6.07, 6.45) is 12.1. The Balaban J connectivity index is 1.65. The Bertz CT molecular complexity index is 280. The van der Waals surface area contributed by atoms with Crippen molar-refractivity contribution in [1.29, 1.82) is 0 Å². The first-order valence-corrected chi connectivity index (χ1v) is 8.24. The lowest BCUT2D eigenvalue weighted by molar-refractivity contribution is -0.147. The van der Waals surface area contributed by atoms with Crippen molar-refractivity contribution in [2.45, 2.75) is 83.2 Å². The smallest absolute Gasteiger partial charge is 0.323 e. The number of ether oxygens (including phenoxy) is 1. The van der Waals surface area contributed by atoms with Gasteiger partial charge in [0.25, 0.3) is 0 Å². The van der Waals surface area contributed by atoms with Gasteiger partial charge in [-0.1, -0.05) is 39.0 Å². The van der Waals surface area contributed by atoms with E-state index in [0.717, 1.165) is 18.8 Å². The molecule has 2 fully saturated rings. The van der Waals surface area contributed by atoms with Crippen molar-refractivity contribution >= 4 is 5.97 Å². The molecule has 0 spiro atoms. The number of piperidine rings is 1. The molecule has 110 valence electrons. The highest BCUT2D eigenvalue weighted by Crippen LogP contribution is 2.32. The van der Waals surface area contributed by atoms with Gasteiger partial charge < -0.3 is 10.1 Å². The van der Waals surface area contributed by atoms with Gasteiger partial charge in [-0.25, -0.2) is 0 Å². The van der Waals surface area contributed by atoms with Gasteiger partial charge in [0, 0.05) is 6.04 Å². The van der Waals surface area contributed by atoms with Crippen LogP contribution in [0.3, 0.4) is 0 Å². The van der Waals surface area contributed by atoms with E-state index in [2.05, 4.69) is 12.2 Å². The maximum Gasteiger partial charge on any atom is 0.323 e. The summed E-state index contributed by atoms with van der Waals surface area (Å²) >= 11 is 0. The summed E-state index contributed by atoms with van der Waals surface area (Å²) in [7, 11) is 0. The molecule has 1 saturated heterocycles. The Kier molecular flexibility index (Phi) is 6.15. The molecular weight excluding hydrogens is 238 g/mol. The summed E-state index contributed by atoms with van der Waals surface area (Å²) in [6.45, 7) is 2.80. The van der Waals surface area contributed by atoms with Crippen molar-refractivity contribution in [2.24, 2.45) is 5.92 Å². The van der Waals surface area contributed by atoms with Crippen molar-refractivity contribution in [3.05, 3.63) is 0 Å². The van der Waals surface area contributed by atoms with Gasteiger partial charge in [-0.05, 0) is 38.0 Å². The van der Waals surface area contributed by atoms with Gasteiger partial charge >= 0.3 is 5.97 Å². The molecule has 0 aromatic heterocycles. The zero-order valence-electron chi connectivity index (χ0n) is 12.3. The Morgan fingerprint density at radius 2 is 1.95 bits per heavy atom. The molecule has 2 aliphatic rings. The molecule has 1 N–H and O–H groups in total. The van der Waals surface area contributed by atoms with Gasteiger partial charge in [-0.2, -0.15) is 0 Å². The molecule has 0 aromatic rings. The summed E-state index contributed by atoms with van der Waals surface area (Å²) in [4.78, 5) is 12.0. The van der Waals surface area contributed by atoms with Crippen LogP contribution in [-0.2, 0) is 9.53 Å². The molecule has 1 heterocycles. The molecular formula is C16H29NO2. The molecule has 19 heavy (non-hydrogen) atoms. The summed E-state index contributed by atoms with van der Waals surface area (Å²) in [5.41, 5.74) is 0. The quantitative estimate of drug-likeness (QED) is 0.592. The Morgan fingerprint density at radius 1 is 1.11 bits per heavy atom. The van der Waals surface area contributed by atoms with Crippen LogP contribution in [0.5, 0.6) is 0 Å². The zero-order valence-corrected chi connectivity index (χ0v) is 12.3. The van der Waals surface area contributed by atoms with E-state index in [-0.39, 0.29) is 12.0 Å². The predicted molar refractivity (Wildman–Crippen MR) is 77.0 cm³/mol. The maximum absolute atomic E-state index is 12.0. The second-order valence-corrected chi connectivity index (χ2v) is 6.18. The van der Waals surface area contributed by atoms with Gasteiger partial charge in [0.15, 0.2) is 0 Å². The van der Waals surface area contributed by atoms with E-state index in [0.29, 0.717) is 12.6 Å². The topological polar surface area (TPSA) is 38.3 Å². The number of esters is 1. The summed E-state index contributed by atoms with van der Waals surface area (Å²) in [5.74, 6) is 0.794. The summed E-state index contributed by atoms with van der Waals surface area (Å²) in [6, 6.07) is 0.533. The lowest BCUT2D eigenvalue weighted by Crippen LogP contribution is -2.52. The van der Waals surface area contributed by atoms with E-state index in [4.69, 9.17) is 4.74 Å². The van der Waals surface area contributed by atoms with E-state index in [1.54, 1.807) is 0 Å². The highest BCUT2D eigenvalue weighted by Gasteiger charge is 2.34. The number of hydrogen-bond donors (Lipinski definition) is 1. The fraction of sp³-hybridized carbons (Fsp3) is 0.938.